The number of rotatable bonds is 5. The van der Waals surface area contributed by atoms with E-state index in [0.717, 1.165) is 18.7 Å². The fourth-order valence-electron chi connectivity index (χ4n) is 1.78. The summed E-state index contributed by atoms with van der Waals surface area (Å²) in [5.41, 5.74) is 2.62. The van der Waals surface area contributed by atoms with Crippen molar-refractivity contribution in [3.63, 3.8) is 0 Å². The second kappa shape index (κ2) is 6.97. The van der Waals surface area contributed by atoms with Gasteiger partial charge in [0.15, 0.2) is 0 Å². The zero-order chi connectivity index (χ0) is 13.0. The van der Waals surface area contributed by atoms with Crippen LogP contribution in [0.1, 0.15) is 21.6 Å². The monoisotopic (exact) mass is 280 g/mol. The molecule has 0 fully saturated rings. The highest BCUT2D eigenvalue weighted by Gasteiger charge is 2.01. The standard InChI is InChI=1S/C14H16N2O2.ClH/c1-16-8-2-3-13(16)10-15-9-11-4-6-12(7-5-11)14(17)18;/h2-8,15H,9-10H2,1H3,(H,17,18);1H. The van der Waals surface area contributed by atoms with Crippen LogP contribution in [0.25, 0.3) is 0 Å². The molecule has 0 saturated heterocycles. The molecule has 0 bridgehead atoms. The van der Waals surface area contributed by atoms with Gasteiger partial charge in [-0.25, -0.2) is 4.79 Å². The predicted molar refractivity (Wildman–Crippen MR) is 76.6 cm³/mol. The third-order valence-corrected chi connectivity index (χ3v) is 2.89. The normalized spacial score (nSPS) is 9.95. The number of aryl methyl sites for hydroxylation is 1. The number of aromatic carboxylic acids is 1. The van der Waals surface area contributed by atoms with Gasteiger partial charge in [-0.1, -0.05) is 12.1 Å². The Morgan fingerprint density at radius 2 is 1.89 bits per heavy atom. The molecule has 0 unspecified atom stereocenters. The molecule has 0 spiro atoms. The molecule has 0 aliphatic heterocycles. The van der Waals surface area contributed by atoms with Gasteiger partial charge < -0.3 is 15.0 Å². The second-order valence-corrected chi connectivity index (χ2v) is 4.22. The highest BCUT2D eigenvalue weighted by atomic mass is 35.5. The fraction of sp³-hybridized carbons (Fsp3) is 0.214. The Bertz CT molecular complexity index is 535. The van der Waals surface area contributed by atoms with E-state index in [1.54, 1.807) is 12.1 Å². The van der Waals surface area contributed by atoms with E-state index >= 15 is 0 Å². The van der Waals surface area contributed by atoms with Gasteiger partial charge in [0.2, 0.25) is 0 Å². The molecule has 1 aromatic carbocycles. The Balaban J connectivity index is 0.00000180. The number of benzene rings is 1. The van der Waals surface area contributed by atoms with Crippen molar-refractivity contribution in [2.45, 2.75) is 13.1 Å². The van der Waals surface area contributed by atoms with E-state index in [1.165, 1.54) is 5.69 Å². The number of nitrogens with one attached hydrogen (secondary N) is 1. The number of aromatic nitrogens is 1. The van der Waals surface area contributed by atoms with Gasteiger partial charge in [-0.05, 0) is 29.8 Å². The summed E-state index contributed by atoms with van der Waals surface area (Å²) < 4.78 is 2.07. The van der Waals surface area contributed by atoms with Crippen molar-refractivity contribution in [1.29, 1.82) is 0 Å². The molecular formula is C14H17ClN2O2. The zero-order valence-electron chi connectivity index (χ0n) is 10.7. The van der Waals surface area contributed by atoms with E-state index in [2.05, 4.69) is 16.0 Å². The van der Waals surface area contributed by atoms with Gasteiger partial charge in [0.05, 0.1) is 5.56 Å². The molecule has 0 saturated carbocycles. The van der Waals surface area contributed by atoms with Gasteiger partial charge in [0.25, 0.3) is 0 Å². The highest BCUT2D eigenvalue weighted by molar-refractivity contribution is 5.87. The molecule has 0 atom stereocenters. The van der Waals surface area contributed by atoms with Crippen molar-refractivity contribution in [1.82, 2.24) is 9.88 Å². The molecule has 0 aliphatic rings. The van der Waals surface area contributed by atoms with E-state index in [-0.39, 0.29) is 12.4 Å². The third-order valence-electron chi connectivity index (χ3n) is 2.89. The Morgan fingerprint density at radius 1 is 1.21 bits per heavy atom. The lowest BCUT2D eigenvalue weighted by atomic mass is 10.1. The van der Waals surface area contributed by atoms with Gasteiger partial charge in [-0.15, -0.1) is 12.4 Å². The molecule has 0 amide bonds. The summed E-state index contributed by atoms with van der Waals surface area (Å²) in [5, 5.41) is 12.1. The summed E-state index contributed by atoms with van der Waals surface area (Å²) >= 11 is 0. The summed E-state index contributed by atoms with van der Waals surface area (Å²) in [6.07, 6.45) is 2.01. The maximum Gasteiger partial charge on any atom is 0.335 e. The quantitative estimate of drug-likeness (QED) is 0.884. The number of carboxylic acids is 1. The molecule has 102 valence electrons. The van der Waals surface area contributed by atoms with Gasteiger partial charge in [0.1, 0.15) is 0 Å². The van der Waals surface area contributed by atoms with Crippen molar-refractivity contribution in [3.05, 3.63) is 59.4 Å². The molecule has 2 N–H and O–H groups in total. The van der Waals surface area contributed by atoms with Crippen LogP contribution < -0.4 is 5.32 Å². The first-order valence-corrected chi connectivity index (χ1v) is 5.80. The summed E-state index contributed by atoms with van der Waals surface area (Å²) in [5.74, 6) is -0.890. The van der Waals surface area contributed by atoms with E-state index in [9.17, 15) is 4.79 Å². The van der Waals surface area contributed by atoms with Crippen LogP contribution in [-0.2, 0) is 20.1 Å². The molecular weight excluding hydrogens is 264 g/mol. The summed E-state index contributed by atoms with van der Waals surface area (Å²) in [6.45, 7) is 1.52. The molecule has 4 nitrogen and oxygen atoms in total. The van der Waals surface area contributed by atoms with Gasteiger partial charge in [-0.2, -0.15) is 0 Å². The van der Waals surface area contributed by atoms with Crippen LogP contribution in [0.4, 0.5) is 0 Å². The smallest absolute Gasteiger partial charge is 0.335 e. The minimum absolute atomic E-state index is 0. The summed E-state index contributed by atoms with van der Waals surface area (Å²) in [7, 11) is 2.01. The van der Waals surface area contributed by atoms with Gasteiger partial charge in [-0.3, -0.25) is 0 Å². The van der Waals surface area contributed by atoms with E-state index in [1.807, 2.05) is 31.4 Å². The van der Waals surface area contributed by atoms with Crippen LogP contribution in [-0.4, -0.2) is 15.6 Å². The average molecular weight is 281 g/mol. The fourth-order valence-corrected chi connectivity index (χ4v) is 1.78. The molecule has 19 heavy (non-hydrogen) atoms. The average Bonchev–Trinajstić information content (AvgIpc) is 2.76. The van der Waals surface area contributed by atoms with Crippen LogP contribution in [0.15, 0.2) is 42.6 Å². The Morgan fingerprint density at radius 3 is 2.42 bits per heavy atom. The lowest BCUT2D eigenvalue weighted by Crippen LogP contribution is -2.14. The number of halogens is 1. The summed E-state index contributed by atoms with van der Waals surface area (Å²) in [4.78, 5) is 10.7. The van der Waals surface area contributed by atoms with Crippen LogP contribution >= 0.6 is 12.4 Å². The molecule has 1 aromatic heterocycles. The van der Waals surface area contributed by atoms with Gasteiger partial charge >= 0.3 is 5.97 Å². The minimum atomic E-state index is -0.890. The molecule has 0 aliphatic carbocycles. The van der Waals surface area contributed by atoms with Crippen molar-refractivity contribution in [2.75, 3.05) is 0 Å². The Kier molecular flexibility index (Phi) is 5.60. The first kappa shape index (κ1) is 15.3. The number of carboxylic acid groups (broad SMARTS) is 1. The van der Waals surface area contributed by atoms with E-state index < -0.39 is 5.97 Å². The van der Waals surface area contributed by atoms with Crippen molar-refractivity contribution < 1.29 is 9.90 Å². The van der Waals surface area contributed by atoms with Crippen molar-refractivity contribution in [3.8, 4) is 0 Å². The number of carbonyl (C=O) groups is 1. The van der Waals surface area contributed by atoms with E-state index in [4.69, 9.17) is 5.11 Å². The van der Waals surface area contributed by atoms with Crippen LogP contribution in [0.2, 0.25) is 0 Å². The Hall–Kier alpha value is -1.78. The number of nitrogens with zero attached hydrogens (tertiary/aromatic N) is 1. The highest BCUT2D eigenvalue weighted by Crippen LogP contribution is 2.05. The number of hydrogen-bond donors (Lipinski definition) is 2. The number of hydrogen-bond acceptors (Lipinski definition) is 2. The van der Waals surface area contributed by atoms with E-state index in [0.29, 0.717) is 5.56 Å². The third kappa shape index (κ3) is 4.12. The maximum absolute atomic E-state index is 10.7. The predicted octanol–water partition coefficient (Wildman–Crippen LogP) is 2.43. The Labute approximate surface area is 118 Å². The topological polar surface area (TPSA) is 54.3 Å². The van der Waals surface area contributed by atoms with Crippen molar-refractivity contribution >= 4 is 18.4 Å². The van der Waals surface area contributed by atoms with Crippen LogP contribution in [0, 0.1) is 0 Å². The lowest BCUT2D eigenvalue weighted by molar-refractivity contribution is 0.0697. The molecule has 1 heterocycles. The largest absolute Gasteiger partial charge is 0.478 e. The lowest BCUT2D eigenvalue weighted by Gasteiger charge is -2.06. The molecule has 2 rings (SSSR count). The molecule has 5 heteroatoms. The SMILES string of the molecule is Cl.Cn1cccc1CNCc1ccc(C(=O)O)cc1. The maximum atomic E-state index is 10.7. The minimum Gasteiger partial charge on any atom is -0.478 e. The van der Waals surface area contributed by atoms with Gasteiger partial charge in [0, 0.05) is 32.0 Å². The molecule has 0 radical (unpaired) electrons. The van der Waals surface area contributed by atoms with Crippen LogP contribution in [0.5, 0.6) is 0 Å². The summed E-state index contributed by atoms with van der Waals surface area (Å²) in [6, 6.07) is 11.0. The van der Waals surface area contributed by atoms with Crippen molar-refractivity contribution in [2.24, 2.45) is 7.05 Å². The zero-order valence-corrected chi connectivity index (χ0v) is 11.5. The van der Waals surface area contributed by atoms with Crippen LogP contribution in [0.3, 0.4) is 0 Å². The first-order chi connectivity index (χ1) is 8.66. The first-order valence-electron chi connectivity index (χ1n) is 5.80. The second-order valence-electron chi connectivity index (χ2n) is 4.22. The molecule has 2 aromatic rings.